The molecule has 0 bridgehead atoms. The zero-order chi connectivity index (χ0) is 31.3. The molecule has 2 aliphatic heterocycles. The zero-order valence-electron chi connectivity index (χ0n) is 26.3. The van der Waals surface area contributed by atoms with Gasteiger partial charge in [0.1, 0.15) is 18.4 Å². The minimum Gasteiger partial charge on any atom is -0.461 e. The lowest BCUT2D eigenvalue weighted by molar-refractivity contribution is -0.142. The van der Waals surface area contributed by atoms with E-state index >= 15 is 0 Å². The van der Waals surface area contributed by atoms with Crippen molar-refractivity contribution < 1.29 is 28.2 Å². The van der Waals surface area contributed by atoms with Crippen LogP contribution in [0.4, 0.5) is 10.1 Å². The summed E-state index contributed by atoms with van der Waals surface area (Å²) in [7, 11) is 0. The third-order valence-electron chi connectivity index (χ3n) is 11.1. The first-order valence-electron chi connectivity index (χ1n) is 17.2. The number of likely N-dealkylation sites (tertiary alicyclic amines) is 1. The molecule has 2 saturated carbocycles. The minimum absolute atomic E-state index is 0.0609. The maximum atomic E-state index is 14.1. The second-order valence-corrected chi connectivity index (χ2v) is 13.9. The third kappa shape index (κ3) is 7.38. The van der Waals surface area contributed by atoms with Crippen molar-refractivity contribution in [3.05, 3.63) is 30.0 Å². The number of aromatic amines is 1. The van der Waals surface area contributed by atoms with Gasteiger partial charge in [0.2, 0.25) is 11.8 Å². The number of carbonyl (C=O) groups excluding carboxylic acids is 3. The number of hydrogen-bond donors (Lipinski definition) is 3. The molecule has 3 heterocycles. The second kappa shape index (κ2) is 14.6. The number of rotatable bonds is 9. The Hall–Kier alpha value is -2.98. The van der Waals surface area contributed by atoms with Crippen LogP contribution in [0.25, 0.3) is 10.9 Å². The summed E-state index contributed by atoms with van der Waals surface area (Å²) in [5, 5.41) is 3.94. The van der Waals surface area contributed by atoms with Gasteiger partial charge in [-0.3, -0.25) is 9.59 Å². The molecule has 3 atom stereocenters. The average Bonchev–Trinajstić information content (AvgIpc) is 3.72. The molecule has 246 valence electrons. The highest BCUT2D eigenvalue weighted by Crippen LogP contribution is 2.41. The number of hydrogen-bond acceptors (Lipinski definition) is 6. The smallest absolute Gasteiger partial charge is 0.354 e. The van der Waals surface area contributed by atoms with E-state index < -0.39 is 18.8 Å². The van der Waals surface area contributed by atoms with Gasteiger partial charge >= 0.3 is 5.97 Å². The summed E-state index contributed by atoms with van der Waals surface area (Å²) in [4.78, 5) is 45.8. The lowest BCUT2D eigenvalue weighted by Crippen LogP contribution is -2.50. The summed E-state index contributed by atoms with van der Waals surface area (Å²) < 4.78 is 24.1. The summed E-state index contributed by atoms with van der Waals surface area (Å²) >= 11 is 0. The summed E-state index contributed by atoms with van der Waals surface area (Å²) in [5.74, 6) is 0.397. The number of aromatic nitrogens is 1. The molecular formula is C35H49FN4O5. The first kappa shape index (κ1) is 32.0. The molecule has 6 rings (SSSR count). The summed E-state index contributed by atoms with van der Waals surface area (Å²) in [6, 6.07) is 6.35. The number of fused-ring (bicyclic) bond motifs is 1. The molecule has 2 amide bonds. The Bertz CT molecular complexity index is 1330. The van der Waals surface area contributed by atoms with Crippen LogP contribution in [0.1, 0.15) is 87.5 Å². The van der Waals surface area contributed by atoms with E-state index in [1.165, 1.54) is 19.3 Å². The molecule has 4 aliphatic rings. The number of nitrogens with zero attached hydrogens (tertiary/aromatic N) is 1. The summed E-state index contributed by atoms with van der Waals surface area (Å²) in [6.45, 7) is 1.85. The van der Waals surface area contributed by atoms with Gasteiger partial charge in [-0.25, -0.2) is 9.18 Å². The van der Waals surface area contributed by atoms with E-state index in [2.05, 4.69) is 10.3 Å². The quantitative estimate of drug-likeness (QED) is 0.312. The van der Waals surface area contributed by atoms with Crippen LogP contribution < -0.4 is 11.1 Å². The van der Waals surface area contributed by atoms with Gasteiger partial charge in [0.15, 0.2) is 0 Å². The molecule has 4 fully saturated rings. The highest BCUT2D eigenvalue weighted by atomic mass is 19.1. The van der Waals surface area contributed by atoms with Crippen LogP contribution in [0, 0.1) is 29.6 Å². The number of nitrogens with two attached hydrogens (primary N) is 1. The first-order valence-corrected chi connectivity index (χ1v) is 17.2. The average molecular weight is 625 g/mol. The Morgan fingerprint density at radius 3 is 2.49 bits per heavy atom. The Labute approximate surface area is 265 Å². The van der Waals surface area contributed by atoms with Gasteiger partial charge in [-0.1, -0.05) is 32.1 Å². The molecule has 0 radical (unpaired) electrons. The lowest BCUT2D eigenvalue weighted by atomic mass is 9.76. The number of ether oxygens (including phenoxy) is 2. The van der Waals surface area contributed by atoms with Gasteiger partial charge in [-0.2, -0.15) is 0 Å². The molecule has 1 aromatic carbocycles. The van der Waals surface area contributed by atoms with E-state index in [1.807, 2.05) is 23.1 Å². The van der Waals surface area contributed by atoms with E-state index in [0.29, 0.717) is 62.4 Å². The molecular weight excluding hydrogens is 575 g/mol. The molecule has 2 aliphatic carbocycles. The monoisotopic (exact) mass is 624 g/mol. The maximum Gasteiger partial charge on any atom is 0.354 e. The van der Waals surface area contributed by atoms with E-state index in [1.54, 1.807) is 6.07 Å². The fourth-order valence-corrected chi connectivity index (χ4v) is 8.33. The van der Waals surface area contributed by atoms with Crippen molar-refractivity contribution in [2.75, 3.05) is 38.4 Å². The highest BCUT2D eigenvalue weighted by Gasteiger charge is 2.47. The Morgan fingerprint density at radius 2 is 1.76 bits per heavy atom. The summed E-state index contributed by atoms with van der Waals surface area (Å²) in [5.41, 5.74) is 7.77. The van der Waals surface area contributed by atoms with Crippen molar-refractivity contribution in [1.29, 1.82) is 0 Å². The Kier molecular flexibility index (Phi) is 10.4. The lowest BCUT2D eigenvalue weighted by Gasteiger charge is -2.36. The van der Waals surface area contributed by atoms with E-state index in [4.69, 9.17) is 15.2 Å². The number of anilines is 1. The fourth-order valence-electron chi connectivity index (χ4n) is 8.33. The number of esters is 1. The molecule has 2 aromatic rings. The minimum atomic E-state index is -0.530. The largest absolute Gasteiger partial charge is 0.461 e. The maximum absolute atomic E-state index is 14.1. The van der Waals surface area contributed by atoms with Gasteiger partial charge in [-0.15, -0.1) is 0 Å². The van der Waals surface area contributed by atoms with Gasteiger partial charge in [-0.05, 0) is 92.9 Å². The summed E-state index contributed by atoms with van der Waals surface area (Å²) in [6.07, 6.45) is 11.3. The molecule has 45 heavy (non-hydrogen) atoms. The number of amides is 2. The molecule has 2 saturated heterocycles. The second-order valence-electron chi connectivity index (χ2n) is 13.9. The van der Waals surface area contributed by atoms with Crippen molar-refractivity contribution in [2.24, 2.45) is 35.3 Å². The molecule has 9 nitrogen and oxygen atoms in total. The van der Waals surface area contributed by atoms with Crippen LogP contribution in [-0.2, 0) is 19.1 Å². The van der Waals surface area contributed by atoms with Gasteiger partial charge < -0.3 is 30.4 Å². The highest BCUT2D eigenvalue weighted by molar-refractivity contribution is 6.01. The normalized spacial score (nSPS) is 27.4. The first-order chi connectivity index (χ1) is 21.9. The molecule has 10 heteroatoms. The number of alkyl halides is 1. The van der Waals surface area contributed by atoms with Crippen LogP contribution >= 0.6 is 0 Å². The van der Waals surface area contributed by atoms with Crippen molar-refractivity contribution in [3.8, 4) is 0 Å². The van der Waals surface area contributed by atoms with Crippen molar-refractivity contribution in [3.63, 3.8) is 0 Å². The molecule has 0 spiro atoms. The number of nitrogens with one attached hydrogen (secondary N) is 2. The van der Waals surface area contributed by atoms with Crippen LogP contribution in [-0.4, -0.2) is 72.8 Å². The van der Waals surface area contributed by atoms with Gasteiger partial charge in [0.25, 0.3) is 0 Å². The van der Waals surface area contributed by atoms with E-state index in [0.717, 1.165) is 55.8 Å². The Morgan fingerprint density at radius 1 is 1.00 bits per heavy atom. The number of carbonyl (C=O) groups is 3. The molecule has 1 aromatic heterocycles. The van der Waals surface area contributed by atoms with Crippen molar-refractivity contribution >= 4 is 34.4 Å². The third-order valence-corrected chi connectivity index (χ3v) is 11.1. The Balaban J connectivity index is 1.14. The topological polar surface area (TPSA) is 127 Å². The predicted octanol–water partition coefficient (Wildman–Crippen LogP) is 5.59. The number of benzene rings is 1. The van der Waals surface area contributed by atoms with E-state index in [9.17, 15) is 18.8 Å². The molecule has 4 N–H and O–H groups in total. The van der Waals surface area contributed by atoms with E-state index in [-0.39, 0.29) is 35.5 Å². The van der Waals surface area contributed by atoms with Crippen molar-refractivity contribution in [2.45, 2.75) is 89.1 Å². The zero-order valence-corrected chi connectivity index (χ0v) is 26.3. The predicted molar refractivity (Wildman–Crippen MR) is 170 cm³/mol. The van der Waals surface area contributed by atoms with Crippen LogP contribution in [0.15, 0.2) is 24.3 Å². The van der Waals surface area contributed by atoms with Crippen LogP contribution in [0.3, 0.4) is 0 Å². The molecule has 0 unspecified atom stereocenters. The number of halogens is 1. The van der Waals surface area contributed by atoms with Crippen LogP contribution in [0.2, 0.25) is 0 Å². The number of H-pyrrole nitrogens is 1. The van der Waals surface area contributed by atoms with Gasteiger partial charge in [0, 0.05) is 48.3 Å². The SMILES string of the molecule is N[C@H](CF)C1CCC(C(=O)N2CC[C@@H](C3CCCCC3)[C@H]2C(=O)Nc2ccc3[nH]c(C(=O)OCC4CCOCC4)cc3c2)CC1. The van der Waals surface area contributed by atoms with Crippen LogP contribution in [0.5, 0.6) is 0 Å². The van der Waals surface area contributed by atoms with Gasteiger partial charge in [0.05, 0.1) is 6.61 Å². The fraction of sp³-hybridized carbons (Fsp3) is 0.686. The standard InChI is InChI=1S/C35H49FN4O5/c36-20-29(37)24-6-8-25(9-7-24)34(42)40-15-12-28(23-4-2-1-3-5-23)32(40)33(41)38-27-10-11-30-26(18-27)19-31(39-30)35(43)45-21-22-13-16-44-17-14-22/h10-11,18-19,22-25,28-29,32,39H,1-9,12-17,20-21,37H2,(H,38,41)/t24?,25?,28-,29+,32-/m0/s1. The van der Waals surface area contributed by atoms with Crippen molar-refractivity contribution in [1.82, 2.24) is 9.88 Å².